The van der Waals surface area contributed by atoms with Gasteiger partial charge in [0, 0.05) is 18.2 Å². The number of rotatable bonds is 10. The van der Waals surface area contributed by atoms with Crippen LogP contribution in [0.1, 0.15) is 82.5 Å². The molecule has 2 saturated heterocycles. The van der Waals surface area contributed by atoms with Gasteiger partial charge in [-0.3, -0.25) is 9.59 Å². The number of hydrogen-bond donors (Lipinski definition) is 4. The molecule has 0 radical (unpaired) electrons. The summed E-state index contributed by atoms with van der Waals surface area (Å²) < 4.78 is 9.49. The van der Waals surface area contributed by atoms with Crippen molar-refractivity contribution in [2.75, 3.05) is 27.3 Å². The van der Waals surface area contributed by atoms with E-state index in [1.807, 2.05) is 36.0 Å². The van der Waals surface area contributed by atoms with Gasteiger partial charge in [0.1, 0.15) is 24.2 Å². The van der Waals surface area contributed by atoms with Gasteiger partial charge in [0.2, 0.25) is 11.8 Å². The van der Waals surface area contributed by atoms with Gasteiger partial charge in [-0.2, -0.15) is 0 Å². The van der Waals surface area contributed by atoms with Crippen LogP contribution in [0.25, 0.3) is 44.4 Å². The lowest BCUT2D eigenvalue weighted by Crippen LogP contribution is -2.51. The van der Waals surface area contributed by atoms with E-state index in [0.29, 0.717) is 12.5 Å². The molecular formula is C46H52N8O6. The molecule has 9 rings (SSSR count). The van der Waals surface area contributed by atoms with Crippen LogP contribution >= 0.6 is 0 Å². The number of amides is 4. The third-order valence-electron chi connectivity index (χ3n) is 13.3. The molecule has 3 aromatic carbocycles. The minimum atomic E-state index is -0.685. The number of hydrogen-bond acceptors (Lipinski definition) is 8. The lowest BCUT2D eigenvalue weighted by Gasteiger charge is -2.30. The van der Waals surface area contributed by atoms with Crippen molar-refractivity contribution in [1.29, 1.82) is 0 Å². The number of aromatic amines is 2. The topological polar surface area (TPSA) is 175 Å². The van der Waals surface area contributed by atoms with Gasteiger partial charge in [-0.15, -0.1) is 0 Å². The maximum absolute atomic E-state index is 13.9. The van der Waals surface area contributed by atoms with E-state index >= 15 is 0 Å². The summed E-state index contributed by atoms with van der Waals surface area (Å²) in [5.41, 5.74) is 6.09. The number of imidazole rings is 2. The highest BCUT2D eigenvalue weighted by Crippen LogP contribution is 2.58. The van der Waals surface area contributed by atoms with Crippen molar-refractivity contribution in [3.63, 3.8) is 0 Å². The monoisotopic (exact) mass is 812 g/mol. The molecule has 2 saturated carbocycles. The average molecular weight is 813 g/mol. The molecule has 14 nitrogen and oxygen atoms in total. The van der Waals surface area contributed by atoms with Crippen molar-refractivity contribution >= 4 is 34.8 Å². The maximum atomic E-state index is 13.9. The van der Waals surface area contributed by atoms with Gasteiger partial charge in [-0.05, 0) is 95.4 Å². The first-order chi connectivity index (χ1) is 29.0. The van der Waals surface area contributed by atoms with Crippen LogP contribution in [0.5, 0.6) is 0 Å². The molecule has 60 heavy (non-hydrogen) atoms. The van der Waals surface area contributed by atoms with Crippen molar-refractivity contribution in [2.45, 2.75) is 83.0 Å². The Kier molecular flexibility index (Phi) is 10.3. The van der Waals surface area contributed by atoms with Crippen LogP contribution < -0.4 is 10.6 Å². The predicted octanol–water partition coefficient (Wildman–Crippen LogP) is 7.52. The Balaban J connectivity index is 0.886. The van der Waals surface area contributed by atoms with Crippen LogP contribution in [0.2, 0.25) is 0 Å². The molecule has 2 aliphatic carbocycles. The summed E-state index contributed by atoms with van der Waals surface area (Å²) >= 11 is 0. The van der Waals surface area contributed by atoms with E-state index in [1.165, 1.54) is 14.2 Å². The van der Waals surface area contributed by atoms with Crippen molar-refractivity contribution < 1.29 is 28.7 Å². The summed E-state index contributed by atoms with van der Waals surface area (Å²) in [5, 5.41) is 7.51. The molecular weight excluding hydrogens is 761 g/mol. The lowest BCUT2D eigenvalue weighted by atomic mass is 9.98. The second-order valence-electron chi connectivity index (χ2n) is 17.4. The van der Waals surface area contributed by atoms with E-state index in [9.17, 15) is 19.2 Å². The Morgan fingerprint density at radius 1 is 0.800 bits per heavy atom. The normalized spacial score (nSPS) is 21.9. The summed E-state index contributed by atoms with van der Waals surface area (Å²) in [5.74, 6) is 1.63. The maximum Gasteiger partial charge on any atom is 0.407 e. The number of nitrogens with one attached hydrogen (secondary N) is 4. The molecule has 4 fully saturated rings. The second-order valence-corrected chi connectivity index (χ2v) is 17.4. The molecule has 1 spiro atoms. The fourth-order valence-electron chi connectivity index (χ4n) is 9.89. The fraction of sp³-hybridized carbons (Fsp3) is 0.435. The minimum absolute atomic E-state index is 0.103. The molecule has 312 valence electrons. The fourth-order valence-corrected chi connectivity index (χ4v) is 9.89. The highest BCUT2D eigenvalue weighted by atomic mass is 16.5. The zero-order chi connectivity index (χ0) is 41.7. The zero-order valence-corrected chi connectivity index (χ0v) is 34.5. The van der Waals surface area contributed by atoms with Gasteiger partial charge in [0.05, 0.1) is 50.1 Å². The Morgan fingerprint density at radius 3 is 2.08 bits per heavy atom. The number of H-pyrrole nitrogens is 2. The summed E-state index contributed by atoms with van der Waals surface area (Å²) in [7, 11) is 2.60. The second kappa shape index (κ2) is 15.8. The third-order valence-corrected chi connectivity index (χ3v) is 13.3. The highest BCUT2D eigenvalue weighted by molar-refractivity contribution is 5.91. The number of aromatic nitrogens is 4. The number of carbonyl (C=O) groups excluding carboxylic acids is 4. The predicted molar refractivity (Wildman–Crippen MR) is 225 cm³/mol. The molecule has 4 N–H and O–H groups in total. The summed E-state index contributed by atoms with van der Waals surface area (Å²) in [4.78, 5) is 71.5. The van der Waals surface area contributed by atoms with E-state index in [0.717, 1.165) is 101 Å². The smallest absolute Gasteiger partial charge is 0.407 e. The quantitative estimate of drug-likeness (QED) is 0.112. The number of nitrogens with zero attached hydrogens (tertiary/aromatic N) is 4. The number of benzene rings is 3. The van der Waals surface area contributed by atoms with Gasteiger partial charge >= 0.3 is 12.2 Å². The Morgan fingerprint density at radius 2 is 1.42 bits per heavy atom. The lowest BCUT2D eigenvalue weighted by molar-refractivity contribution is -0.136. The summed E-state index contributed by atoms with van der Waals surface area (Å²) in [6.07, 6.45) is 9.49. The standard InChI is InChI=1S/C46H52N8O6/c1-26(2)40(52-45(58)60-4)43(56)53-25-46(16-17-46)21-38(53)42-48-22-34(50-42)28-10-8-27(9-11-28)29-12-13-31-19-32(15-14-30(31)18-29)35-23-47-41(51-35)37-20-33-6-5-7-36(33)54(37)39(55)24-49-44(57)59-3/h8-15,18-19,22-23,26,33,36-38,40H,5-7,16-17,20-21,24-25H2,1-4H3,(H,47,51)(H,48,50)(H,49,57)(H,52,58)/t33?,36-,37+,38+,40+/m1/s1. The summed E-state index contributed by atoms with van der Waals surface area (Å²) in [6.45, 7) is 4.41. The molecule has 4 aliphatic rings. The Hall–Kier alpha value is -6.18. The number of carbonyl (C=O) groups is 4. The molecule has 1 unspecified atom stereocenters. The van der Waals surface area contributed by atoms with Crippen LogP contribution in [0.4, 0.5) is 9.59 Å². The summed E-state index contributed by atoms with van der Waals surface area (Å²) in [6, 6.07) is 20.4. The first kappa shape index (κ1) is 39.3. The van der Waals surface area contributed by atoms with Crippen LogP contribution in [-0.4, -0.2) is 93.1 Å². The van der Waals surface area contributed by atoms with Crippen molar-refractivity contribution in [2.24, 2.45) is 17.3 Å². The van der Waals surface area contributed by atoms with Gasteiger partial charge in [0.25, 0.3) is 0 Å². The van der Waals surface area contributed by atoms with E-state index in [4.69, 9.17) is 14.7 Å². The minimum Gasteiger partial charge on any atom is -0.453 e. The largest absolute Gasteiger partial charge is 0.453 e. The number of ether oxygens (including phenoxy) is 2. The van der Waals surface area contributed by atoms with Crippen LogP contribution in [0.3, 0.4) is 0 Å². The third kappa shape index (κ3) is 7.47. The van der Waals surface area contributed by atoms with Crippen molar-refractivity contribution in [3.8, 4) is 33.6 Å². The van der Waals surface area contributed by atoms with Gasteiger partial charge in [-0.25, -0.2) is 19.6 Å². The molecule has 0 bridgehead atoms. The van der Waals surface area contributed by atoms with Crippen LogP contribution in [0.15, 0.2) is 73.1 Å². The SMILES string of the molecule is COC(=O)NCC(=O)N1[C@@H]2CCCC2C[C@H]1c1ncc(-c2ccc3cc(-c4ccc(-c5cnc([C@@H]6CC7(CC7)CN6C(=O)[C@@H](NC(=O)OC)C(C)C)[nH]5)cc4)ccc3c2)[nH]1. The first-order valence-corrected chi connectivity index (χ1v) is 21.1. The zero-order valence-electron chi connectivity index (χ0n) is 34.5. The van der Waals surface area contributed by atoms with Crippen molar-refractivity contribution in [1.82, 2.24) is 40.4 Å². The van der Waals surface area contributed by atoms with Gasteiger partial charge in [-0.1, -0.05) is 68.8 Å². The number of methoxy groups -OCH3 is 2. The van der Waals surface area contributed by atoms with Crippen molar-refractivity contribution in [3.05, 3.63) is 84.7 Å². The average Bonchev–Trinajstić information content (AvgIpc) is 3.88. The molecule has 2 aromatic heterocycles. The van der Waals surface area contributed by atoms with E-state index < -0.39 is 18.2 Å². The van der Waals surface area contributed by atoms with E-state index in [-0.39, 0.29) is 47.8 Å². The van der Waals surface area contributed by atoms with Crippen LogP contribution in [0, 0.1) is 17.3 Å². The Bertz CT molecular complexity index is 2440. The molecule has 2 aliphatic heterocycles. The molecule has 14 heteroatoms. The number of alkyl carbamates (subject to hydrolysis) is 2. The van der Waals surface area contributed by atoms with Crippen LogP contribution in [-0.2, 0) is 19.1 Å². The van der Waals surface area contributed by atoms with E-state index in [1.54, 1.807) is 0 Å². The van der Waals surface area contributed by atoms with Gasteiger partial charge in [0.15, 0.2) is 0 Å². The molecule has 5 atom stereocenters. The molecule has 5 aromatic rings. The first-order valence-electron chi connectivity index (χ1n) is 21.1. The number of likely N-dealkylation sites (tertiary alicyclic amines) is 2. The molecule has 4 amide bonds. The highest BCUT2D eigenvalue weighted by Gasteiger charge is 2.55. The number of fused-ring (bicyclic) bond motifs is 2. The van der Waals surface area contributed by atoms with E-state index in [2.05, 4.69) is 86.0 Å². The Labute approximate surface area is 348 Å². The van der Waals surface area contributed by atoms with Gasteiger partial charge < -0.3 is 39.9 Å². The molecule has 4 heterocycles.